The highest BCUT2D eigenvalue weighted by molar-refractivity contribution is 6.07. The van der Waals surface area contributed by atoms with Crippen LogP contribution in [0.2, 0.25) is 0 Å². The Hall–Kier alpha value is -2.49. The molecule has 0 atom stereocenters. The Labute approximate surface area is 119 Å². The van der Waals surface area contributed by atoms with Crippen LogP contribution in [-0.2, 0) is 0 Å². The average molecular weight is 269 g/mol. The molecule has 4 heteroatoms. The first-order valence-corrected chi connectivity index (χ1v) is 6.40. The lowest BCUT2D eigenvalue weighted by molar-refractivity contribution is 0.0993. The van der Waals surface area contributed by atoms with Crippen molar-refractivity contribution in [3.05, 3.63) is 53.1 Å². The van der Waals surface area contributed by atoms with Gasteiger partial charge in [0.15, 0.2) is 0 Å². The van der Waals surface area contributed by atoms with Crippen LogP contribution in [0.5, 0.6) is 0 Å². The summed E-state index contributed by atoms with van der Waals surface area (Å²) in [6.45, 7) is 4.01. The highest BCUT2D eigenvalue weighted by Gasteiger charge is 2.16. The number of carbonyl (C=O) groups excluding carboxylic acids is 1. The molecule has 0 aromatic heterocycles. The van der Waals surface area contributed by atoms with E-state index in [0.717, 1.165) is 11.3 Å². The van der Waals surface area contributed by atoms with Crippen molar-refractivity contribution in [2.24, 2.45) is 0 Å². The molecule has 0 aliphatic carbocycles. The zero-order valence-corrected chi connectivity index (χ0v) is 12.0. The summed E-state index contributed by atoms with van der Waals surface area (Å²) in [5.74, 6) is -0.129. The van der Waals surface area contributed by atoms with Gasteiger partial charge in [0.05, 0.1) is 0 Å². The Bertz CT molecular complexity index is 645. The Balaban J connectivity index is 2.37. The largest absolute Gasteiger partial charge is 0.399 e. The van der Waals surface area contributed by atoms with E-state index in [0.29, 0.717) is 16.9 Å². The number of anilines is 3. The minimum absolute atomic E-state index is 0.129. The number of nitrogens with two attached hydrogens (primary N) is 2. The molecule has 0 saturated heterocycles. The van der Waals surface area contributed by atoms with E-state index in [4.69, 9.17) is 11.5 Å². The third-order valence-corrected chi connectivity index (χ3v) is 3.24. The number of hydrogen-bond donors (Lipinski definition) is 2. The molecule has 2 rings (SSSR count). The number of aryl methyl sites for hydroxylation is 2. The normalized spacial score (nSPS) is 10.3. The van der Waals surface area contributed by atoms with Crippen molar-refractivity contribution < 1.29 is 4.79 Å². The molecule has 0 aliphatic heterocycles. The Morgan fingerprint density at radius 3 is 2.15 bits per heavy atom. The Kier molecular flexibility index (Phi) is 3.66. The van der Waals surface area contributed by atoms with Crippen LogP contribution in [0.25, 0.3) is 0 Å². The number of nitrogen functional groups attached to an aromatic ring is 2. The first-order chi connectivity index (χ1) is 9.38. The summed E-state index contributed by atoms with van der Waals surface area (Å²) in [5.41, 5.74) is 16.0. The molecule has 0 radical (unpaired) electrons. The minimum Gasteiger partial charge on any atom is -0.399 e. The summed E-state index contributed by atoms with van der Waals surface area (Å²) in [5, 5.41) is 0. The van der Waals surface area contributed by atoms with Crippen LogP contribution in [0, 0.1) is 13.8 Å². The molecule has 0 saturated carbocycles. The maximum absolute atomic E-state index is 12.5. The minimum atomic E-state index is -0.129. The van der Waals surface area contributed by atoms with Crippen molar-refractivity contribution in [1.29, 1.82) is 0 Å². The standard InChI is InChI=1S/C16H19N3O/c1-10-4-5-15(11(2)6-10)19(3)16(20)12-7-13(17)9-14(18)8-12/h4-9H,17-18H2,1-3H3. The fraction of sp³-hybridized carbons (Fsp3) is 0.188. The maximum Gasteiger partial charge on any atom is 0.258 e. The first kappa shape index (κ1) is 13.9. The molecular formula is C16H19N3O. The fourth-order valence-corrected chi connectivity index (χ4v) is 2.28. The number of carbonyl (C=O) groups is 1. The molecule has 1 amide bonds. The first-order valence-electron chi connectivity index (χ1n) is 6.40. The maximum atomic E-state index is 12.5. The van der Waals surface area contributed by atoms with E-state index < -0.39 is 0 Å². The molecule has 104 valence electrons. The molecule has 0 spiro atoms. The van der Waals surface area contributed by atoms with E-state index in [1.54, 1.807) is 30.1 Å². The quantitative estimate of drug-likeness (QED) is 0.823. The van der Waals surface area contributed by atoms with E-state index >= 15 is 0 Å². The monoisotopic (exact) mass is 269 g/mol. The van der Waals surface area contributed by atoms with Crippen molar-refractivity contribution in [2.45, 2.75) is 13.8 Å². The molecular weight excluding hydrogens is 250 g/mol. The van der Waals surface area contributed by atoms with Crippen LogP contribution in [0.3, 0.4) is 0 Å². The summed E-state index contributed by atoms with van der Waals surface area (Å²) >= 11 is 0. The lowest BCUT2D eigenvalue weighted by Crippen LogP contribution is -2.27. The van der Waals surface area contributed by atoms with Crippen LogP contribution in [0.15, 0.2) is 36.4 Å². The van der Waals surface area contributed by atoms with Gasteiger partial charge in [-0.1, -0.05) is 17.7 Å². The molecule has 2 aromatic carbocycles. The zero-order chi connectivity index (χ0) is 14.9. The van der Waals surface area contributed by atoms with Gasteiger partial charge in [-0.25, -0.2) is 0 Å². The molecule has 2 aromatic rings. The van der Waals surface area contributed by atoms with Gasteiger partial charge in [0.1, 0.15) is 0 Å². The van der Waals surface area contributed by atoms with Gasteiger partial charge < -0.3 is 16.4 Å². The fourth-order valence-electron chi connectivity index (χ4n) is 2.28. The lowest BCUT2D eigenvalue weighted by Gasteiger charge is -2.20. The third-order valence-electron chi connectivity index (χ3n) is 3.24. The van der Waals surface area contributed by atoms with Crippen LogP contribution >= 0.6 is 0 Å². The summed E-state index contributed by atoms with van der Waals surface area (Å²) in [6.07, 6.45) is 0. The van der Waals surface area contributed by atoms with E-state index in [9.17, 15) is 4.79 Å². The van der Waals surface area contributed by atoms with Crippen molar-refractivity contribution in [3.63, 3.8) is 0 Å². The van der Waals surface area contributed by atoms with Gasteiger partial charge in [-0.05, 0) is 43.7 Å². The van der Waals surface area contributed by atoms with Gasteiger partial charge >= 0.3 is 0 Å². The van der Waals surface area contributed by atoms with Gasteiger partial charge in [0, 0.05) is 29.7 Å². The van der Waals surface area contributed by atoms with E-state index in [-0.39, 0.29) is 5.91 Å². The molecule has 4 N–H and O–H groups in total. The van der Waals surface area contributed by atoms with Gasteiger partial charge in [0.2, 0.25) is 0 Å². The third kappa shape index (κ3) is 2.74. The molecule has 0 bridgehead atoms. The van der Waals surface area contributed by atoms with Crippen molar-refractivity contribution in [3.8, 4) is 0 Å². The summed E-state index contributed by atoms with van der Waals surface area (Å²) in [7, 11) is 1.75. The SMILES string of the molecule is Cc1ccc(N(C)C(=O)c2cc(N)cc(N)c2)c(C)c1. The molecule has 20 heavy (non-hydrogen) atoms. The Morgan fingerprint density at radius 1 is 1.00 bits per heavy atom. The molecule has 0 aliphatic rings. The van der Waals surface area contributed by atoms with Crippen LogP contribution < -0.4 is 16.4 Å². The van der Waals surface area contributed by atoms with Gasteiger partial charge in [-0.15, -0.1) is 0 Å². The van der Waals surface area contributed by atoms with Crippen molar-refractivity contribution in [2.75, 3.05) is 23.4 Å². The number of nitrogens with zero attached hydrogens (tertiary/aromatic N) is 1. The number of rotatable bonds is 2. The smallest absolute Gasteiger partial charge is 0.258 e. The summed E-state index contributed by atoms with van der Waals surface area (Å²) in [4.78, 5) is 14.1. The predicted octanol–water partition coefficient (Wildman–Crippen LogP) is 2.74. The van der Waals surface area contributed by atoms with Crippen LogP contribution in [0.4, 0.5) is 17.1 Å². The topological polar surface area (TPSA) is 72.3 Å². The zero-order valence-electron chi connectivity index (χ0n) is 12.0. The molecule has 0 heterocycles. The van der Waals surface area contributed by atoms with Gasteiger partial charge in [-0.2, -0.15) is 0 Å². The van der Waals surface area contributed by atoms with E-state index in [1.807, 2.05) is 32.0 Å². The van der Waals surface area contributed by atoms with Crippen molar-refractivity contribution in [1.82, 2.24) is 0 Å². The van der Waals surface area contributed by atoms with Gasteiger partial charge in [-0.3, -0.25) is 4.79 Å². The highest BCUT2D eigenvalue weighted by atomic mass is 16.2. The second kappa shape index (κ2) is 5.25. The lowest BCUT2D eigenvalue weighted by atomic mass is 10.1. The summed E-state index contributed by atoms with van der Waals surface area (Å²) < 4.78 is 0. The number of amides is 1. The second-order valence-corrected chi connectivity index (χ2v) is 5.04. The van der Waals surface area contributed by atoms with Crippen LogP contribution in [0.1, 0.15) is 21.5 Å². The second-order valence-electron chi connectivity index (χ2n) is 5.04. The van der Waals surface area contributed by atoms with Crippen LogP contribution in [-0.4, -0.2) is 13.0 Å². The molecule has 0 unspecified atom stereocenters. The Morgan fingerprint density at radius 2 is 1.60 bits per heavy atom. The number of benzene rings is 2. The van der Waals surface area contributed by atoms with E-state index in [2.05, 4.69) is 0 Å². The molecule has 4 nitrogen and oxygen atoms in total. The summed E-state index contributed by atoms with van der Waals surface area (Å²) in [6, 6.07) is 10.9. The van der Waals surface area contributed by atoms with Gasteiger partial charge in [0.25, 0.3) is 5.91 Å². The number of hydrogen-bond acceptors (Lipinski definition) is 3. The predicted molar refractivity (Wildman–Crippen MR) is 83.9 cm³/mol. The van der Waals surface area contributed by atoms with Crippen molar-refractivity contribution >= 4 is 23.0 Å². The molecule has 0 fully saturated rings. The highest BCUT2D eigenvalue weighted by Crippen LogP contribution is 2.23. The average Bonchev–Trinajstić information content (AvgIpc) is 2.36. The van der Waals surface area contributed by atoms with E-state index in [1.165, 1.54) is 5.56 Å².